The van der Waals surface area contributed by atoms with Crippen molar-refractivity contribution in [2.75, 3.05) is 12.8 Å². The fourth-order valence-corrected chi connectivity index (χ4v) is 5.65. The van der Waals surface area contributed by atoms with E-state index in [1.165, 1.54) is 50.3 Å². The molecule has 9 atom stereocenters. The molecule has 0 saturated carbocycles. The average molecular weight is 495 g/mol. The summed E-state index contributed by atoms with van der Waals surface area (Å²) in [5, 5.41) is 36.6. The number of hydrogen-bond donors (Lipinski definition) is 5. The summed E-state index contributed by atoms with van der Waals surface area (Å²) in [6.45, 7) is 4.76. The van der Waals surface area contributed by atoms with Crippen LogP contribution in [0, 0.1) is 5.92 Å². The van der Waals surface area contributed by atoms with Gasteiger partial charge in [0.05, 0.1) is 17.5 Å². The van der Waals surface area contributed by atoms with E-state index < -0.39 is 41.3 Å². The molecule has 2 heterocycles. The van der Waals surface area contributed by atoms with Gasteiger partial charge in [-0.2, -0.15) is 0 Å². The largest absolute Gasteiger partial charge is 0.388 e. The summed E-state index contributed by atoms with van der Waals surface area (Å²) in [5.41, 5.74) is -0.706. The Morgan fingerprint density at radius 1 is 1.16 bits per heavy atom. The zero-order chi connectivity index (χ0) is 23.7. The normalized spacial score (nSPS) is 35.3. The number of ether oxygens (including phenoxy) is 1. The van der Waals surface area contributed by atoms with Gasteiger partial charge in [0.25, 0.3) is 0 Å². The van der Waals surface area contributed by atoms with Crippen molar-refractivity contribution in [3.05, 3.63) is 0 Å². The number of nitrogens with one attached hydrogen (secondary N) is 2. The lowest BCUT2D eigenvalue weighted by molar-refractivity contribution is -0.205. The first-order valence-corrected chi connectivity index (χ1v) is 13.9. The van der Waals surface area contributed by atoms with Crippen molar-refractivity contribution in [1.29, 1.82) is 0 Å². The number of rotatable bonds is 12. The van der Waals surface area contributed by atoms with E-state index in [2.05, 4.69) is 17.6 Å². The van der Waals surface area contributed by atoms with Crippen LogP contribution in [0.15, 0.2) is 0 Å². The van der Waals surface area contributed by atoms with Gasteiger partial charge in [-0.05, 0) is 38.5 Å². The Kier molecular flexibility index (Phi) is 12.6. The maximum Gasteiger partial charge on any atom is 0.237 e. The van der Waals surface area contributed by atoms with Gasteiger partial charge in [-0.25, -0.2) is 0 Å². The number of hydrogen-bond acceptors (Lipinski definition) is 7. The highest BCUT2D eigenvalue weighted by atomic mass is 35.5. The monoisotopic (exact) mass is 494 g/mol. The van der Waals surface area contributed by atoms with E-state index in [-0.39, 0.29) is 11.9 Å². The van der Waals surface area contributed by atoms with Crippen LogP contribution in [0.4, 0.5) is 0 Å². The number of amides is 1. The van der Waals surface area contributed by atoms with Crippen LogP contribution in [0.3, 0.4) is 0 Å². The zero-order valence-electron chi connectivity index (χ0n) is 19.7. The predicted octanol–water partition coefficient (Wildman–Crippen LogP) is 2.39. The van der Waals surface area contributed by atoms with Gasteiger partial charge in [-0.1, -0.05) is 51.9 Å². The van der Waals surface area contributed by atoms with Crippen molar-refractivity contribution in [3.8, 4) is 0 Å². The maximum absolute atomic E-state index is 13.1. The van der Waals surface area contributed by atoms with Gasteiger partial charge in [0.1, 0.15) is 29.9 Å². The molecule has 188 valence electrons. The molecule has 2 saturated heterocycles. The lowest BCUT2D eigenvalue weighted by atomic mass is 9.87. The van der Waals surface area contributed by atoms with Crippen LogP contribution in [0.1, 0.15) is 71.6 Å². The third-order valence-corrected chi connectivity index (χ3v) is 7.92. The molecule has 9 heteroatoms. The average Bonchev–Trinajstić information content (AvgIpc) is 2.78. The molecule has 0 spiro atoms. The third-order valence-electron chi connectivity index (χ3n) is 6.79. The van der Waals surface area contributed by atoms with Crippen molar-refractivity contribution < 1.29 is 24.9 Å². The number of carbonyl (C=O) groups excluding carboxylic acids is 1. The Labute approximate surface area is 202 Å². The summed E-state index contributed by atoms with van der Waals surface area (Å²) >= 11 is 7.61. The zero-order valence-corrected chi connectivity index (χ0v) is 21.3. The molecule has 2 rings (SSSR count). The van der Waals surface area contributed by atoms with Crippen LogP contribution in [0.25, 0.3) is 0 Å². The molecule has 0 bridgehead atoms. The number of halogens is 1. The van der Waals surface area contributed by atoms with Gasteiger partial charge in [0.15, 0.2) is 0 Å². The summed E-state index contributed by atoms with van der Waals surface area (Å²) in [5.74, 6) is 0.367. The number of piperidine rings is 1. The van der Waals surface area contributed by atoms with Gasteiger partial charge >= 0.3 is 0 Å². The summed E-state index contributed by atoms with van der Waals surface area (Å²) in [6.07, 6.45) is 7.57. The minimum absolute atomic E-state index is 0.160. The Hall–Kier alpha value is -0.0900. The SMILES string of the molecule is CCCCCCCC[C@@H]1CCN[C@H](C(=O)NC(C(C)Cl)C2OC(SC)C(O)C(O)C2O)C1. The topological polar surface area (TPSA) is 111 Å². The van der Waals surface area contributed by atoms with Crippen LogP contribution in [-0.4, -0.2) is 81.3 Å². The first kappa shape index (κ1) is 28.1. The van der Waals surface area contributed by atoms with Crippen LogP contribution in [0.2, 0.25) is 0 Å². The molecule has 0 radical (unpaired) electrons. The van der Waals surface area contributed by atoms with Crippen molar-refractivity contribution in [1.82, 2.24) is 10.6 Å². The van der Waals surface area contributed by atoms with E-state index in [9.17, 15) is 20.1 Å². The summed E-state index contributed by atoms with van der Waals surface area (Å²) in [4.78, 5) is 13.1. The maximum atomic E-state index is 13.1. The molecule has 7 nitrogen and oxygen atoms in total. The first-order valence-electron chi connectivity index (χ1n) is 12.2. The second-order valence-electron chi connectivity index (χ2n) is 9.34. The molecular formula is C23H43ClN2O5S. The summed E-state index contributed by atoms with van der Waals surface area (Å²) in [7, 11) is 0. The van der Waals surface area contributed by atoms with E-state index in [0.29, 0.717) is 5.92 Å². The van der Waals surface area contributed by atoms with Crippen LogP contribution >= 0.6 is 23.4 Å². The molecular weight excluding hydrogens is 452 g/mol. The van der Waals surface area contributed by atoms with E-state index in [4.69, 9.17) is 16.3 Å². The van der Waals surface area contributed by atoms with Gasteiger partial charge in [-0.15, -0.1) is 23.4 Å². The fourth-order valence-electron chi connectivity index (χ4n) is 4.76. The predicted molar refractivity (Wildman–Crippen MR) is 130 cm³/mol. The van der Waals surface area contributed by atoms with Crippen molar-refractivity contribution in [3.63, 3.8) is 0 Å². The first-order chi connectivity index (χ1) is 15.3. The number of unbranched alkanes of at least 4 members (excludes halogenated alkanes) is 5. The molecule has 1 amide bonds. The lowest BCUT2D eigenvalue weighted by Gasteiger charge is -2.44. The Morgan fingerprint density at radius 2 is 1.84 bits per heavy atom. The second-order valence-corrected chi connectivity index (χ2v) is 11.0. The van der Waals surface area contributed by atoms with Gasteiger partial charge in [0.2, 0.25) is 5.91 Å². The smallest absolute Gasteiger partial charge is 0.237 e. The summed E-state index contributed by atoms with van der Waals surface area (Å²) < 4.78 is 5.84. The molecule has 5 N–H and O–H groups in total. The van der Waals surface area contributed by atoms with Gasteiger partial charge in [0, 0.05) is 0 Å². The Bertz CT molecular complexity index is 556. The fraction of sp³-hybridized carbons (Fsp3) is 0.957. The number of carbonyl (C=O) groups is 1. The van der Waals surface area contributed by atoms with Crippen molar-refractivity contribution >= 4 is 29.3 Å². The van der Waals surface area contributed by atoms with Crippen LogP contribution in [-0.2, 0) is 9.53 Å². The van der Waals surface area contributed by atoms with E-state index in [1.807, 2.05) is 0 Å². The number of thioether (sulfide) groups is 1. The molecule has 2 fully saturated rings. The number of aliphatic hydroxyl groups is 3. The van der Waals surface area contributed by atoms with E-state index in [1.54, 1.807) is 13.2 Å². The highest BCUT2D eigenvalue weighted by molar-refractivity contribution is 7.99. The molecule has 7 unspecified atom stereocenters. The minimum atomic E-state index is -1.37. The molecule has 0 aromatic carbocycles. The second kappa shape index (κ2) is 14.3. The van der Waals surface area contributed by atoms with E-state index in [0.717, 1.165) is 25.8 Å². The molecule has 2 aliphatic rings. The highest BCUT2D eigenvalue weighted by Gasteiger charge is 2.48. The Balaban J connectivity index is 1.90. The highest BCUT2D eigenvalue weighted by Crippen LogP contribution is 2.30. The molecule has 2 aliphatic heterocycles. The molecule has 32 heavy (non-hydrogen) atoms. The lowest BCUT2D eigenvalue weighted by Crippen LogP contribution is -2.65. The summed E-state index contributed by atoms with van der Waals surface area (Å²) in [6, 6.07) is -1.00. The quantitative estimate of drug-likeness (QED) is 0.209. The minimum Gasteiger partial charge on any atom is -0.388 e. The number of aliphatic hydroxyl groups excluding tert-OH is 3. The van der Waals surface area contributed by atoms with Crippen molar-refractivity contribution in [2.45, 2.75) is 119 Å². The standard InChI is InChI=1S/C23H43ClN2O5S/c1-4-5-6-7-8-9-10-15-11-12-25-16(13-15)22(30)26-17(14(2)24)21-19(28)18(27)20(29)23(31-21)32-3/h14-21,23,25,27-29H,4-13H2,1-3H3,(H,26,30)/t14?,15-,16+,17?,18?,19?,20?,21?,23?/m1/s1. The molecule has 0 aromatic rings. The molecule has 0 aromatic heterocycles. The molecule has 0 aliphatic carbocycles. The van der Waals surface area contributed by atoms with Crippen molar-refractivity contribution in [2.24, 2.45) is 5.92 Å². The van der Waals surface area contributed by atoms with E-state index >= 15 is 0 Å². The number of alkyl halides is 1. The Morgan fingerprint density at radius 3 is 2.50 bits per heavy atom. The third kappa shape index (κ3) is 8.00. The van der Waals surface area contributed by atoms with Crippen LogP contribution < -0.4 is 10.6 Å². The van der Waals surface area contributed by atoms with Gasteiger partial charge < -0.3 is 30.7 Å². The van der Waals surface area contributed by atoms with Gasteiger partial charge in [-0.3, -0.25) is 4.79 Å². The van der Waals surface area contributed by atoms with Crippen LogP contribution in [0.5, 0.6) is 0 Å².